The minimum Gasteiger partial charge on any atom is -0.440 e. The first-order valence-electron chi connectivity index (χ1n) is 8.57. The van der Waals surface area contributed by atoms with Crippen molar-refractivity contribution in [3.05, 3.63) is 0 Å². The van der Waals surface area contributed by atoms with Gasteiger partial charge in [-0.15, -0.1) is 0 Å². The third-order valence-electron chi connectivity index (χ3n) is 4.66. The number of hydrogen-bond acceptors (Lipinski definition) is 4. The van der Waals surface area contributed by atoms with Crippen molar-refractivity contribution in [2.45, 2.75) is 57.2 Å². The summed E-state index contributed by atoms with van der Waals surface area (Å²) in [4.78, 5) is 37.3. The van der Waals surface area contributed by atoms with Crippen molar-refractivity contribution in [3.8, 4) is 0 Å². The topological polar surface area (TPSA) is 75.7 Å². The van der Waals surface area contributed by atoms with Crippen molar-refractivity contribution in [1.82, 2.24) is 10.2 Å². The van der Waals surface area contributed by atoms with Crippen molar-refractivity contribution < 1.29 is 32.3 Å². The van der Waals surface area contributed by atoms with Crippen LogP contribution in [0.2, 0.25) is 0 Å². The van der Waals surface area contributed by atoms with Crippen molar-refractivity contribution in [3.63, 3.8) is 0 Å². The van der Waals surface area contributed by atoms with Gasteiger partial charge in [-0.3, -0.25) is 9.59 Å². The van der Waals surface area contributed by atoms with Crippen LogP contribution in [0.15, 0.2) is 0 Å². The van der Waals surface area contributed by atoms with E-state index in [0.717, 1.165) is 32.1 Å². The van der Waals surface area contributed by atoms with Gasteiger partial charge in [0.15, 0.2) is 6.61 Å². The van der Waals surface area contributed by atoms with E-state index in [9.17, 15) is 27.6 Å². The maximum atomic E-state index is 12.3. The molecule has 142 valence electrons. The SMILES string of the molecule is O=C(NCCC(=O)N1CCC[C@@H]1[C@H]1CCCCC1=O)OCC(F)(F)F. The Labute approximate surface area is 144 Å². The summed E-state index contributed by atoms with van der Waals surface area (Å²) in [7, 11) is 0. The van der Waals surface area contributed by atoms with Gasteiger partial charge in [0.05, 0.1) is 0 Å². The lowest BCUT2D eigenvalue weighted by molar-refractivity contribution is -0.160. The minimum absolute atomic E-state index is 0.0292. The predicted molar refractivity (Wildman–Crippen MR) is 81.7 cm³/mol. The summed E-state index contributed by atoms with van der Waals surface area (Å²) in [5.74, 6) is -0.0910. The smallest absolute Gasteiger partial charge is 0.422 e. The summed E-state index contributed by atoms with van der Waals surface area (Å²) < 4.78 is 39.8. The summed E-state index contributed by atoms with van der Waals surface area (Å²) in [5, 5.41) is 2.14. The Hall–Kier alpha value is -1.80. The molecule has 2 rings (SSSR count). The highest BCUT2D eigenvalue weighted by atomic mass is 19.4. The maximum Gasteiger partial charge on any atom is 0.422 e. The van der Waals surface area contributed by atoms with Gasteiger partial charge >= 0.3 is 12.3 Å². The molecule has 1 saturated heterocycles. The zero-order valence-corrected chi connectivity index (χ0v) is 13.9. The molecule has 0 aromatic heterocycles. The Morgan fingerprint density at radius 2 is 1.96 bits per heavy atom. The number of carbonyl (C=O) groups excluding carboxylic acids is 3. The van der Waals surface area contributed by atoms with Gasteiger partial charge in [0.1, 0.15) is 5.78 Å². The predicted octanol–water partition coefficient (Wildman–Crippen LogP) is 2.42. The molecule has 1 N–H and O–H groups in total. The first-order chi connectivity index (χ1) is 11.8. The maximum absolute atomic E-state index is 12.3. The number of ether oxygens (including phenoxy) is 1. The third-order valence-corrected chi connectivity index (χ3v) is 4.66. The standard InChI is InChI=1S/C16H23F3N2O4/c17-16(18,19)10-25-15(24)20-8-7-14(23)21-9-3-5-12(21)11-4-1-2-6-13(11)22/h11-12H,1-10H2,(H,20,24)/t11-,12-/m1/s1. The molecule has 0 unspecified atom stereocenters. The van der Waals surface area contributed by atoms with Crippen LogP contribution in [0, 0.1) is 5.92 Å². The number of halogens is 3. The summed E-state index contributed by atoms with van der Waals surface area (Å²) in [6, 6.07) is -0.0857. The molecule has 2 fully saturated rings. The number of Topliss-reactive ketones (excluding diaryl/α,β-unsaturated/α-hetero) is 1. The highest BCUT2D eigenvalue weighted by Crippen LogP contribution is 2.32. The molecule has 1 aliphatic carbocycles. The molecule has 0 aromatic carbocycles. The molecular weight excluding hydrogens is 341 g/mol. The van der Waals surface area contributed by atoms with Gasteiger partial charge < -0.3 is 15.0 Å². The molecular formula is C16H23F3N2O4. The van der Waals surface area contributed by atoms with Crippen molar-refractivity contribution in [2.24, 2.45) is 5.92 Å². The Balaban J connectivity index is 1.76. The number of nitrogens with one attached hydrogen (secondary N) is 1. The Bertz CT molecular complexity index is 510. The second-order valence-corrected chi connectivity index (χ2v) is 6.48. The molecule has 1 aliphatic heterocycles. The normalized spacial score (nSPS) is 24.3. The van der Waals surface area contributed by atoms with Crippen LogP contribution in [0.1, 0.15) is 44.9 Å². The van der Waals surface area contributed by atoms with Crippen molar-refractivity contribution in [1.29, 1.82) is 0 Å². The number of ketones is 1. The largest absolute Gasteiger partial charge is 0.440 e. The van der Waals surface area contributed by atoms with E-state index in [-0.39, 0.29) is 36.6 Å². The molecule has 6 nitrogen and oxygen atoms in total. The Morgan fingerprint density at radius 1 is 1.20 bits per heavy atom. The van der Waals surface area contributed by atoms with E-state index in [2.05, 4.69) is 10.1 Å². The third kappa shape index (κ3) is 5.89. The van der Waals surface area contributed by atoms with Crippen LogP contribution in [0.4, 0.5) is 18.0 Å². The number of hydrogen-bond donors (Lipinski definition) is 1. The van der Waals surface area contributed by atoms with Crippen LogP contribution in [-0.4, -0.2) is 54.6 Å². The highest BCUT2D eigenvalue weighted by molar-refractivity contribution is 5.84. The number of likely N-dealkylation sites (tertiary alicyclic amines) is 1. The number of rotatable bonds is 5. The van der Waals surface area contributed by atoms with Crippen LogP contribution in [0.25, 0.3) is 0 Å². The number of alkyl carbamates (subject to hydrolysis) is 1. The fourth-order valence-electron chi connectivity index (χ4n) is 3.55. The molecule has 2 atom stereocenters. The number of carbonyl (C=O) groups is 3. The lowest BCUT2D eigenvalue weighted by Crippen LogP contribution is -2.44. The van der Waals surface area contributed by atoms with E-state index in [1.165, 1.54) is 0 Å². The van der Waals surface area contributed by atoms with Gasteiger partial charge in [-0.05, 0) is 25.7 Å². The van der Waals surface area contributed by atoms with Crippen LogP contribution in [0.5, 0.6) is 0 Å². The van der Waals surface area contributed by atoms with E-state index in [0.29, 0.717) is 13.0 Å². The lowest BCUT2D eigenvalue weighted by atomic mass is 9.82. The molecule has 2 aliphatic rings. The first-order valence-corrected chi connectivity index (χ1v) is 8.57. The second-order valence-electron chi connectivity index (χ2n) is 6.48. The number of amides is 2. The molecule has 2 amide bonds. The van der Waals surface area contributed by atoms with E-state index in [1.807, 2.05) is 0 Å². The summed E-state index contributed by atoms with van der Waals surface area (Å²) in [6.07, 6.45) is -0.927. The Morgan fingerprint density at radius 3 is 2.64 bits per heavy atom. The first kappa shape index (κ1) is 19.5. The summed E-state index contributed by atoms with van der Waals surface area (Å²) >= 11 is 0. The average Bonchev–Trinajstić information content (AvgIpc) is 3.02. The van der Waals surface area contributed by atoms with E-state index < -0.39 is 18.9 Å². The summed E-state index contributed by atoms with van der Waals surface area (Å²) in [6.45, 7) is -1.19. The van der Waals surface area contributed by atoms with Gasteiger partial charge in [-0.1, -0.05) is 6.42 Å². The Kier molecular flexibility index (Phi) is 6.66. The van der Waals surface area contributed by atoms with Gasteiger partial charge in [0.25, 0.3) is 0 Å². The monoisotopic (exact) mass is 364 g/mol. The van der Waals surface area contributed by atoms with E-state index >= 15 is 0 Å². The number of alkyl halides is 3. The van der Waals surface area contributed by atoms with E-state index in [1.54, 1.807) is 4.90 Å². The molecule has 0 aromatic rings. The molecule has 1 heterocycles. The van der Waals surface area contributed by atoms with Crippen LogP contribution >= 0.6 is 0 Å². The van der Waals surface area contributed by atoms with Crippen LogP contribution in [0.3, 0.4) is 0 Å². The highest BCUT2D eigenvalue weighted by Gasteiger charge is 2.38. The zero-order chi connectivity index (χ0) is 18.4. The second kappa shape index (κ2) is 8.53. The van der Waals surface area contributed by atoms with Crippen molar-refractivity contribution >= 4 is 17.8 Å². The zero-order valence-electron chi connectivity index (χ0n) is 13.9. The molecule has 0 spiro atoms. The van der Waals surface area contributed by atoms with Gasteiger partial charge in [-0.25, -0.2) is 4.79 Å². The molecule has 25 heavy (non-hydrogen) atoms. The quantitative estimate of drug-likeness (QED) is 0.813. The van der Waals surface area contributed by atoms with Crippen LogP contribution < -0.4 is 5.32 Å². The van der Waals surface area contributed by atoms with Gasteiger partial charge in [-0.2, -0.15) is 13.2 Å². The molecule has 0 bridgehead atoms. The van der Waals surface area contributed by atoms with Crippen molar-refractivity contribution in [2.75, 3.05) is 19.7 Å². The lowest BCUT2D eigenvalue weighted by Gasteiger charge is -2.33. The van der Waals surface area contributed by atoms with Gasteiger partial charge in [0.2, 0.25) is 5.91 Å². The van der Waals surface area contributed by atoms with Crippen LogP contribution in [-0.2, 0) is 14.3 Å². The molecule has 9 heteroatoms. The summed E-state index contributed by atoms with van der Waals surface area (Å²) in [5.41, 5.74) is 0. The fourth-order valence-corrected chi connectivity index (χ4v) is 3.55. The number of nitrogens with zero attached hydrogens (tertiary/aromatic N) is 1. The van der Waals surface area contributed by atoms with Gasteiger partial charge in [0, 0.05) is 37.9 Å². The molecule has 1 saturated carbocycles. The fraction of sp³-hybridized carbons (Fsp3) is 0.812. The molecule has 0 radical (unpaired) electrons. The van der Waals surface area contributed by atoms with E-state index in [4.69, 9.17) is 0 Å². The minimum atomic E-state index is -4.58. The average molecular weight is 364 g/mol.